The summed E-state index contributed by atoms with van der Waals surface area (Å²) in [7, 11) is -3.50. The van der Waals surface area contributed by atoms with Crippen LogP contribution in [0, 0.1) is 5.92 Å². The molecule has 2 aliphatic rings. The van der Waals surface area contributed by atoms with Gasteiger partial charge in [0.05, 0.1) is 10.9 Å². The average molecular weight is 504 g/mol. The molecule has 188 valence electrons. The summed E-state index contributed by atoms with van der Waals surface area (Å²) in [4.78, 5) is 18.1. The van der Waals surface area contributed by atoms with Crippen LogP contribution >= 0.6 is 0 Å². The largest absolute Gasteiger partial charge is 0.340 e. The Morgan fingerprint density at radius 1 is 0.667 bits per heavy atom. The normalized spacial score (nSPS) is 18.4. The number of piperidine rings is 1. The van der Waals surface area contributed by atoms with Gasteiger partial charge in [-0.1, -0.05) is 78.9 Å². The van der Waals surface area contributed by atoms with E-state index in [1.807, 2.05) is 23.1 Å². The van der Waals surface area contributed by atoms with E-state index in [-0.39, 0.29) is 17.9 Å². The highest BCUT2D eigenvalue weighted by atomic mass is 32.2. The van der Waals surface area contributed by atoms with Crippen molar-refractivity contribution in [3.8, 4) is 0 Å². The zero-order chi connectivity index (χ0) is 25.0. The molecule has 36 heavy (non-hydrogen) atoms. The Balaban J connectivity index is 1.20. The Bertz CT molecular complexity index is 1200. The number of carbonyl (C=O) groups is 1. The molecule has 2 aliphatic heterocycles. The molecule has 2 saturated heterocycles. The summed E-state index contributed by atoms with van der Waals surface area (Å²) in [6, 6.07) is 29.8. The van der Waals surface area contributed by atoms with Crippen molar-refractivity contribution in [1.82, 2.24) is 14.1 Å². The molecule has 0 radical (unpaired) electrons. The number of rotatable bonds is 6. The lowest BCUT2D eigenvalue weighted by Crippen LogP contribution is -2.52. The molecule has 0 bridgehead atoms. The number of carbonyl (C=O) groups excluding carboxylic acids is 1. The highest BCUT2D eigenvalue weighted by molar-refractivity contribution is 7.89. The van der Waals surface area contributed by atoms with Crippen molar-refractivity contribution in [3.05, 3.63) is 102 Å². The minimum absolute atomic E-state index is 0.113. The van der Waals surface area contributed by atoms with Gasteiger partial charge in [-0.3, -0.25) is 9.69 Å². The van der Waals surface area contributed by atoms with Gasteiger partial charge in [0, 0.05) is 45.2 Å². The molecule has 2 heterocycles. The van der Waals surface area contributed by atoms with Crippen molar-refractivity contribution < 1.29 is 13.2 Å². The number of hydrogen-bond acceptors (Lipinski definition) is 4. The Labute approximate surface area is 214 Å². The van der Waals surface area contributed by atoms with Crippen LogP contribution in [0.4, 0.5) is 0 Å². The third-order valence-corrected chi connectivity index (χ3v) is 9.32. The zero-order valence-electron chi connectivity index (χ0n) is 20.4. The van der Waals surface area contributed by atoms with E-state index in [1.165, 1.54) is 15.4 Å². The van der Waals surface area contributed by atoms with Gasteiger partial charge < -0.3 is 4.90 Å². The number of sulfonamides is 1. The number of hydrogen-bond donors (Lipinski definition) is 0. The van der Waals surface area contributed by atoms with Crippen molar-refractivity contribution in [3.63, 3.8) is 0 Å². The lowest BCUT2D eigenvalue weighted by atomic mass is 9.95. The van der Waals surface area contributed by atoms with Crippen LogP contribution in [-0.2, 0) is 14.8 Å². The molecular formula is C29H33N3O3S. The van der Waals surface area contributed by atoms with Crippen LogP contribution in [-0.4, -0.2) is 67.7 Å². The Morgan fingerprint density at radius 3 is 1.64 bits per heavy atom. The fourth-order valence-corrected chi connectivity index (χ4v) is 6.92. The van der Waals surface area contributed by atoms with E-state index in [1.54, 1.807) is 24.3 Å². The molecule has 2 fully saturated rings. The molecule has 0 spiro atoms. The maximum Gasteiger partial charge on any atom is 0.243 e. The summed E-state index contributed by atoms with van der Waals surface area (Å²) in [5.74, 6) is 0.0557. The molecule has 6 nitrogen and oxygen atoms in total. The van der Waals surface area contributed by atoms with E-state index < -0.39 is 10.0 Å². The van der Waals surface area contributed by atoms with E-state index >= 15 is 0 Å². The lowest BCUT2D eigenvalue weighted by Gasteiger charge is -2.41. The summed E-state index contributed by atoms with van der Waals surface area (Å²) >= 11 is 0. The Hall–Kier alpha value is -3.00. The van der Waals surface area contributed by atoms with Crippen molar-refractivity contribution in [1.29, 1.82) is 0 Å². The number of benzene rings is 3. The molecule has 0 aliphatic carbocycles. The van der Waals surface area contributed by atoms with Gasteiger partial charge in [0.25, 0.3) is 0 Å². The average Bonchev–Trinajstić information content (AvgIpc) is 2.95. The third kappa shape index (κ3) is 5.24. The van der Waals surface area contributed by atoms with Crippen molar-refractivity contribution in [2.75, 3.05) is 39.3 Å². The van der Waals surface area contributed by atoms with Crippen molar-refractivity contribution in [2.24, 2.45) is 5.92 Å². The maximum absolute atomic E-state index is 13.3. The molecule has 5 rings (SSSR count). The van der Waals surface area contributed by atoms with Gasteiger partial charge in [-0.2, -0.15) is 4.31 Å². The van der Waals surface area contributed by atoms with Gasteiger partial charge in [0.2, 0.25) is 15.9 Å². The number of amides is 1. The minimum atomic E-state index is -3.50. The monoisotopic (exact) mass is 503 g/mol. The second kappa shape index (κ2) is 10.9. The van der Waals surface area contributed by atoms with E-state index in [9.17, 15) is 13.2 Å². The first-order chi connectivity index (χ1) is 17.5. The predicted octanol–water partition coefficient (Wildman–Crippen LogP) is 4.02. The van der Waals surface area contributed by atoms with Crippen LogP contribution in [0.3, 0.4) is 0 Å². The zero-order valence-corrected chi connectivity index (χ0v) is 21.3. The van der Waals surface area contributed by atoms with Gasteiger partial charge in [0.15, 0.2) is 0 Å². The molecule has 3 aromatic rings. The van der Waals surface area contributed by atoms with Crippen molar-refractivity contribution in [2.45, 2.75) is 23.8 Å². The molecule has 3 aromatic carbocycles. The summed E-state index contributed by atoms with van der Waals surface area (Å²) in [6.07, 6.45) is 1.14. The highest BCUT2D eigenvalue weighted by Crippen LogP contribution is 2.30. The standard InChI is InChI=1S/C29H33N3O3S/c33-29(26-16-18-32(19-17-26)36(34,35)27-14-8-3-9-15-27)31-22-20-30(21-23-31)28(24-10-4-1-5-11-24)25-12-6-2-7-13-25/h1-15,26,28H,16-23H2. The molecule has 7 heteroatoms. The number of piperazine rings is 1. The summed E-state index contributed by atoms with van der Waals surface area (Å²) in [5.41, 5.74) is 2.52. The van der Waals surface area contributed by atoms with Crippen LogP contribution in [0.2, 0.25) is 0 Å². The minimum Gasteiger partial charge on any atom is -0.340 e. The van der Waals surface area contributed by atoms with Gasteiger partial charge in [-0.15, -0.1) is 0 Å². The second-order valence-electron chi connectivity index (χ2n) is 9.58. The second-order valence-corrected chi connectivity index (χ2v) is 11.5. The Morgan fingerprint density at radius 2 is 1.14 bits per heavy atom. The molecule has 0 saturated carbocycles. The molecule has 1 amide bonds. The summed E-state index contributed by atoms with van der Waals surface area (Å²) < 4.78 is 27.4. The topological polar surface area (TPSA) is 60.9 Å². The van der Waals surface area contributed by atoms with Crippen molar-refractivity contribution >= 4 is 15.9 Å². The predicted molar refractivity (Wildman–Crippen MR) is 141 cm³/mol. The molecule has 0 N–H and O–H groups in total. The first-order valence-electron chi connectivity index (χ1n) is 12.7. The quantitative estimate of drug-likeness (QED) is 0.510. The van der Waals surface area contributed by atoms with Crippen LogP contribution in [0.1, 0.15) is 30.0 Å². The smallest absolute Gasteiger partial charge is 0.243 e. The van der Waals surface area contributed by atoms with Crippen LogP contribution < -0.4 is 0 Å². The first kappa shape index (κ1) is 24.7. The van der Waals surface area contributed by atoms with Gasteiger partial charge in [0.1, 0.15) is 0 Å². The van der Waals surface area contributed by atoms with Crippen LogP contribution in [0.5, 0.6) is 0 Å². The van der Waals surface area contributed by atoms with E-state index in [0.717, 1.165) is 13.1 Å². The van der Waals surface area contributed by atoms with Gasteiger partial charge in [-0.05, 0) is 36.1 Å². The lowest BCUT2D eigenvalue weighted by molar-refractivity contribution is -0.138. The van der Waals surface area contributed by atoms with E-state index in [4.69, 9.17) is 0 Å². The molecular weight excluding hydrogens is 470 g/mol. The maximum atomic E-state index is 13.3. The van der Waals surface area contributed by atoms with Gasteiger partial charge >= 0.3 is 0 Å². The fourth-order valence-electron chi connectivity index (χ4n) is 5.43. The SMILES string of the molecule is O=C(C1CCN(S(=O)(=O)c2ccccc2)CC1)N1CCN(C(c2ccccc2)c2ccccc2)CC1. The van der Waals surface area contributed by atoms with Crippen LogP contribution in [0.15, 0.2) is 95.9 Å². The molecule has 0 unspecified atom stereocenters. The van der Waals surface area contributed by atoms with E-state index in [2.05, 4.69) is 53.4 Å². The molecule has 0 atom stereocenters. The van der Waals surface area contributed by atoms with E-state index in [0.29, 0.717) is 43.9 Å². The van der Waals surface area contributed by atoms with Gasteiger partial charge in [-0.25, -0.2) is 8.42 Å². The third-order valence-electron chi connectivity index (χ3n) is 7.41. The molecule has 0 aromatic heterocycles. The highest BCUT2D eigenvalue weighted by Gasteiger charge is 2.35. The summed E-state index contributed by atoms with van der Waals surface area (Å²) in [6.45, 7) is 3.77. The Kier molecular flexibility index (Phi) is 7.51. The van der Waals surface area contributed by atoms with Crippen LogP contribution in [0.25, 0.3) is 0 Å². The summed E-state index contributed by atoms with van der Waals surface area (Å²) in [5, 5.41) is 0. The fraction of sp³-hybridized carbons (Fsp3) is 0.345. The first-order valence-corrected chi connectivity index (χ1v) is 14.2. The number of nitrogens with zero attached hydrogens (tertiary/aromatic N) is 3.